The maximum atomic E-state index is 3.13. The standard InChI is InChI=1S/C10H8N/c1-2-7-10-9(5-1)6-3-4-8-11-10/h1-3,5-8,11H/q+1. The summed E-state index contributed by atoms with van der Waals surface area (Å²) < 4.78 is 0. The zero-order valence-corrected chi connectivity index (χ0v) is 6.04. The van der Waals surface area contributed by atoms with E-state index in [-0.39, 0.29) is 0 Å². The van der Waals surface area contributed by atoms with Crippen molar-refractivity contribution in [1.29, 1.82) is 0 Å². The van der Waals surface area contributed by atoms with Crippen LogP contribution in [-0.2, 0) is 0 Å². The van der Waals surface area contributed by atoms with Gasteiger partial charge in [-0.15, -0.1) is 0 Å². The maximum absolute atomic E-state index is 3.13. The van der Waals surface area contributed by atoms with E-state index in [1.807, 2.05) is 36.6 Å². The molecule has 1 heterocycles. The Morgan fingerprint density at radius 2 is 2.09 bits per heavy atom. The Hall–Kier alpha value is -1.59. The van der Waals surface area contributed by atoms with E-state index in [1.54, 1.807) is 0 Å². The van der Waals surface area contributed by atoms with Gasteiger partial charge in [0.25, 0.3) is 0 Å². The Morgan fingerprint density at radius 1 is 1.18 bits per heavy atom. The summed E-state index contributed by atoms with van der Waals surface area (Å²) in [5.41, 5.74) is 2.34. The average molecular weight is 142 g/mol. The number of allylic oxidation sites excluding steroid dienone is 2. The van der Waals surface area contributed by atoms with Crippen molar-refractivity contribution in [3.8, 4) is 0 Å². The number of hydrogen-bond donors (Lipinski definition) is 1. The van der Waals surface area contributed by atoms with E-state index in [1.165, 1.54) is 5.56 Å². The van der Waals surface area contributed by atoms with Crippen LogP contribution < -0.4 is 5.32 Å². The number of fused-ring (bicyclic) bond motifs is 1. The minimum absolute atomic E-state index is 1.13. The number of benzene rings is 1. The van der Waals surface area contributed by atoms with E-state index in [2.05, 4.69) is 17.5 Å². The van der Waals surface area contributed by atoms with E-state index < -0.39 is 0 Å². The fourth-order valence-corrected chi connectivity index (χ4v) is 1.08. The number of anilines is 1. The van der Waals surface area contributed by atoms with E-state index in [0.29, 0.717) is 0 Å². The molecule has 0 fully saturated rings. The molecule has 1 heteroatoms. The third kappa shape index (κ3) is 1.14. The van der Waals surface area contributed by atoms with Crippen LogP contribution in [0, 0.1) is 6.08 Å². The largest absolute Gasteiger partial charge is 0.335 e. The highest BCUT2D eigenvalue weighted by Gasteiger charge is 2.02. The normalized spacial score (nSPS) is 12.7. The maximum Gasteiger partial charge on any atom is 0.162 e. The molecule has 1 N–H and O–H groups in total. The number of para-hydroxylation sites is 1. The fourth-order valence-electron chi connectivity index (χ4n) is 1.08. The van der Waals surface area contributed by atoms with Crippen molar-refractivity contribution in [2.75, 3.05) is 5.32 Å². The third-order valence-corrected chi connectivity index (χ3v) is 1.63. The lowest BCUT2D eigenvalue weighted by atomic mass is 10.2. The molecule has 0 bridgehead atoms. The van der Waals surface area contributed by atoms with Crippen molar-refractivity contribution in [2.24, 2.45) is 0 Å². The molecule has 0 unspecified atom stereocenters. The van der Waals surface area contributed by atoms with E-state index in [4.69, 9.17) is 0 Å². The average Bonchev–Trinajstić information content (AvgIpc) is 2.28. The highest BCUT2D eigenvalue weighted by molar-refractivity contribution is 5.68. The van der Waals surface area contributed by atoms with Gasteiger partial charge >= 0.3 is 0 Å². The van der Waals surface area contributed by atoms with Crippen LogP contribution in [0.25, 0.3) is 6.08 Å². The summed E-state index contributed by atoms with van der Waals surface area (Å²) in [7, 11) is 0. The first kappa shape index (κ1) is 6.14. The zero-order chi connectivity index (χ0) is 7.52. The molecule has 1 aliphatic rings. The fraction of sp³-hybridized carbons (Fsp3) is 0. The van der Waals surface area contributed by atoms with Crippen molar-refractivity contribution in [3.05, 3.63) is 48.2 Å². The van der Waals surface area contributed by atoms with Gasteiger partial charge in [0.05, 0.1) is 17.3 Å². The quantitative estimate of drug-likeness (QED) is 0.548. The monoisotopic (exact) mass is 142 g/mol. The number of hydrogen-bond acceptors (Lipinski definition) is 1. The molecule has 1 aliphatic heterocycles. The Labute approximate surface area is 66.1 Å². The Morgan fingerprint density at radius 3 is 3.09 bits per heavy atom. The third-order valence-electron chi connectivity index (χ3n) is 1.63. The molecule has 1 nitrogen and oxygen atoms in total. The second-order valence-electron chi connectivity index (χ2n) is 2.38. The van der Waals surface area contributed by atoms with Gasteiger partial charge in [0.1, 0.15) is 12.3 Å². The SMILES string of the molecule is [C+]1=CNc2ccccc2C=C1. The molecule has 0 saturated heterocycles. The van der Waals surface area contributed by atoms with Gasteiger partial charge in [-0.25, -0.2) is 0 Å². The first-order valence-corrected chi connectivity index (χ1v) is 3.57. The van der Waals surface area contributed by atoms with Crippen LogP contribution in [0.4, 0.5) is 5.69 Å². The van der Waals surface area contributed by atoms with Crippen LogP contribution in [0.15, 0.2) is 36.5 Å². The Bertz CT molecular complexity index is 310. The van der Waals surface area contributed by atoms with Crippen molar-refractivity contribution in [1.82, 2.24) is 0 Å². The summed E-state index contributed by atoms with van der Waals surface area (Å²) >= 11 is 0. The van der Waals surface area contributed by atoms with Crippen molar-refractivity contribution in [2.45, 2.75) is 0 Å². The Kier molecular flexibility index (Phi) is 1.43. The smallest absolute Gasteiger partial charge is 0.162 e. The van der Waals surface area contributed by atoms with E-state index in [9.17, 15) is 0 Å². The van der Waals surface area contributed by atoms with Gasteiger partial charge in [-0.3, -0.25) is 0 Å². The molecule has 0 amide bonds. The summed E-state index contributed by atoms with van der Waals surface area (Å²) in [5.74, 6) is 0. The molecule has 0 aromatic heterocycles. The summed E-state index contributed by atoms with van der Waals surface area (Å²) in [6, 6.07) is 8.15. The summed E-state index contributed by atoms with van der Waals surface area (Å²) in [5, 5.41) is 3.13. The lowest BCUT2D eigenvalue weighted by molar-refractivity contribution is 1.57. The molecular weight excluding hydrogens is 134 g/mol. The topological polar surface area (TPSA) is 12.0 Å². The molecular formula is C10H8N+. The molecule has 0 radical (unpaired) electrons. The second kappa shape index (κ2) is 2.57. The van der Waals surface area contributed by atoms with Gasteiger partial charge in [-0.05, 0) is 12.1 Å². The first-order chi connectivity index (χ1) is 5.47. The van der Waals surface area contributed by atoms with Crippen molar-refractivity contribution < 1.29 is 0 Å². The van der Waals surface area contributed by atoms with Crippen molar-refractivity contribution >= 4 is 11.8 Å². The van der Waals surface area contributed by atoms with Crippen LogP contribution in [-0.4, -0.2) is 0 Å². The van der Waals surface area contributed by atoms with Gasteiger partial charge in [-0.2, -0.15) is 0 Å². The lowest BCUT2D eigenvalue weighted by Gasteiger charge is -1.97. The highest BCUT2D eigenvalue weighted by Crippen LogP contribution is 2.17. The lowest BCUT2D eigenvalue weighted by Crippen LogP contribution is -1.87. The first-order valence-electron chi connectivity index (χ1n) is 3.57. The van der Waals surface area contributed by atoms with Gasteiger partial charge in [-0.1, -0.05) is 12.1 Å². The molecule has 0 saturated carbocycles. The molecule has 11 heavy (non-hydrogen) atoms. The zero-order valence-electron chi connectivity index (χ0n) is 6.04. The van der Waals surface area contributed by atoms with Gasteiger partial charge in [0.15, 0.2) is 6.08 Å². The molecule has 1 aromatic rings. The molecule has 0 spiro atoms. The molecule has 1 aromatic carbocycles. The number of rotatable bonds is 0. The van der Waals surface area contributed by atoms with E-state index in [0.717, 1.165) is 5.69 Å². The van der Waals surface area contributed by atoms with Crippen LogP contribution in [0.1, 0.15) is 5.56 Å². The molecule has 2 rings (SSSR count). The van der Waals surface area contributed by atoms with Crippen LogP contribution in [0.5, 0.6) is 0 Å². The summed E-state index contributed by atoms with van der Waals surface area (Å²) in [6.07, 6.45) is 8.72. The second-order valence-corrected chi connectivity index (χ2v) is 2.38. The van der Waals surface area contributed by atoms with Gasteiger partial charge in [0.2, 0.25) is 0 Å². The predicted octanol–water partition coefficient (Wildman–Crippen LogP) is 2.44. The molecule has 52 valence electrons. The summed E-state index contributed by atoms with van der Waals surface area (Å²) in [6.45, 7) is 0. The minimum atomic E-state index is 1.13. The van der Waals surface area contributed by atoms with E-state index >= 15 is 0 Å². The van der Waals surface area contributed by atoms with Crippen LogP contribution in [0.3, 0.4) is 0 Å². The highest BCUT2D eigenvalue weighted by atomic mass is 14.8. The predicted molar refractivity (Wildman–Crippen MR) is 46.9 cm³/mol. The van der Waals surface area contributed by atoms with Gasteiger partial charge in [0, 0.05) is 0 Å². The van der Waals surface area contributed by atoms with Gasteiger partial charge < -0.3 is 5.32 Å². The van der Waals surface area contributed by atoms with Crippen LogP contribution in [0.2, 0.25) is 0 Å². The Balaban J connectivity index is 2.52. The molecule has 0 atom stereocenters. The van der Waals surface area contributed by atoms with Crippen molar-refractivity contribution in [3.63, 3.8) is 0 Å². The molecule has 0 aliphatic carbocycles. The minimum Gasteiger partial charge on any atom is -0.335 e. The van der Waals surface area contributed by atoms with Crippen LogP contribution >= 0.6 is 0 Å². The number of nitrogens with one attached hydrogen (secondary N) is 1. The summed E-state index contributed by atoms with van der Waals surface area (Å²) in [4.78, 5) is 0.